The van der Waals surface area contributed by atoms with Crippen molar-refractivity contribution in [3.05, 3.63) is 59.1 Å². The molecular weight excluding hydrogens is 374 g/mol. The summed E-state index contributed by atoms with van der Waals surface area (Å²) in [6, 6.07) is 11.7. The molecule has 148 valence electrons. The number of aromatic nitrogens is 3. The van der Waals surface area contributed by atoms with Gasteiger partial charge in [-0.2, -0.15) is 0 Å². The van der Waals surface area contributed by atoms with E-state index in [1.165, 1.54) is 15.2 Å². The van der Waals surface area contributed by atoms with Gasteiger partial charge in [-0.05, 0) is 43.3 Å². The highest BCUT2D eigenvalue weighted by Crippen LogP contribution is 2.27. The third-order valence-corrected chi connectivity index (χ3v) is 4.50. The van der Waals surface area contributed by atoms with Crippen LogP contribution in [0.4, 0.5) is 0 Å². The van der Waals surface area contributed by atoms with Crippen LogP contribution in [0.1, 0.15) is 20.3 Å². The predicted molar refractivity (Wildman–Crippen MR) is 107 cm³/mol. The average molecular weight is 393 g/mol. The molecular formula is C21H19N3O5. The van der Waals surface area contributed by atoms with E-state index in [0.717, 1.165) is 0 Å². The number of rotatable bonds is 5. The third-order valence-electron chi connectivity index (χ3n) is 4.50. The summed E-state index contributed by atoms with van der Waals surface area (Å²) in [4.78, 5) is 29.1. The molecule has 4 rings (SSSR count). The van der Waals surface area contributed by atoms with Crippen molar-refractivity contribution in [1.82, 2.24) is 14.0 Å². The van der Waals surface area contributed by atoms with Crippen LogP contribution in [0.3, 0.4) is 0 Å². The normalized spacial score (nSPS) is 11.1. The molecule has 2 heterocycles. The van der Waals surface area contributed by atoms with Crippen LogP contribution in [-0.4, -0.2) is 31.6 Å². The van der Waals surface area contributed by atoms with Gasteiger partial charge in [-0.15, -0.1) is 0 Å². The summed E-state index contributed by atoms with van der Waals surface area (Å²) in [7, 11) is 0. The van der Waals surface area contributed by atoms with Gasteiger partial charge in [0.05, 0.1) is 29.5 Å². The Morgan fingerprint density at radius 1 is 1.07 bits per heavy atom. The summed E-state index contributed by atoms with van der Waals surface area (Å²) in [5, 5.41) is 10.7. The highest BCUT2D eigenvalue weighted by atomic mass is 16.5. The fourth-order valence-electron chi connectivity index (χ4n) is 3.14. The Morgan fingerprint density at radius 3 is 2.48 bits per heavy atom. The molecule has 0 aliphatic rings. The summed E-state index contributed by atoms with van der Waals surface area (Å²) >= 11 is 0. The molecule has 8 nitrogen and oxygen atoms in total. The van der Waals surface area contributed by atoms with Crippen molar-refractivity contribution in [3.63, 3.8) is 0 Å². The smallest absolute Gasteiger partial charge is 0.340 e. The van der Waals surface area contributed by atoms with Gasteiger partial charge in [0.25, 0.3) is 0 Å². The maximum Gasteiger partial charge on any atom is 0.340 e. The molecule has 8 heteroatoms. The van der Waals surface area contributed by atoms with E-state index in [1.807, 2.05) is 6.92 Å². The van der Waals surface area contributed by atoms with E-state index >= 15 is 0 Å². The molecule has 2 aromatic heterocycles. The lowest BCUT2D eigenvalue weighted by Crippen LogP contribution is -2.19. The van der Waals surface area contributed by atoms with Crippen molar-refractivity contribution in [2.24, 2.45) is 0 Å². The summed E-state index contributed by atoms with van der Waals surface area (Å²) in [6.07, 6.45) is 1.66. The van der Waals surface area contributed by atoms with Gasteiger partial charge in [-0.1, -0.05) is 6.92 Å². The SMILES string of the molecule is CCOc1ccc(-n2c(O)c3cnc4ccc(OC(=O)CC)cc4n3c2=O)cc1. The number of esters is 1. The Hall–Kier alpha value is -3.81. The number of hydrogen-bond acceptors (Lipinski definition) is 6. The van der Waals surface area contributed by atoms with E-state index in [-0.39, 0.29) is 23.8 Å². The van der Waals surface area contributed by atoms with Crippen LogP contribution in [0.25, 0.3) is 22.2 Å². The molecule has 0 saturated heterocycles. The second-order valence-electron chi connectivity index (χ2n) is 6.33. The van der Waals surface area contributed by atoms with Crippen molar-refractivity contribution < 1.29 is 19.4 Å². The van der Waals surface area contributed by atoms with Crippen molar-refractivity contribution >= 4 is 22.5 Å². The van der Waals surface area contributed by atoms with Gasteiger partial charge in [0.15, 0.2) is 0 Å². The van der Waals surface area contributed by atoms with E-state index in [1.54, 1.807) is 49.4 Å². The zero-order chi connectivity index (χ0) is 20.5. The lowest BCUT2D eigenvalue weighted by atomic mass is 10.2. The van der Waals surface area contributed by atoms with Crippen molar-refractivity contribution in [2.45, 2.75) is 20.3 Å². The molecule has 1 N–H and O–H groups in total. The van der Waals surface area contributed by atoms with Gasteiger partial charge in [-0.3, -0.25) is 14.2 Å². The summed E-state index contributed by atoms with van der Waals surface area (Å²) in [5.41, 5.74) is 1.22. The van der Waals surface area contributed by atoms with Crippen LogP contribution in [-0.2, 0) is 4.79 Å². The Kier molecular flexibility index (Phi) is 4.67. The largest absolute Gasteiger partial charge is 0.494 e. The molecule has 0 aliphatic heterocycles. The van der Waals surface area contributed by atoms with Gasteiger partial charge < -0.3 is 14.6 Å². The summed E-state index contributed by atoms with van der Waals surface area (Å²) < 4.78 is 13.2. The number of carbonyl (C=O) groups is 1. The molecule has 0 amide bonds. The number of aromatic hydroxyl groups is 1. The van der Waals surface area contributed by atoms with Crippen molar-refractivity contribution in [2.75, 3.05) is 6.61 Å². The quantitative estimate of drug-likeness (QED) is 0.414. The van der Waals surface area contributed by atoms with Crippen LogP contribution in [0.5, 0.6) is 17.4 Å². The van der Waals surface area contributed by atoms with Crippen LogP contribution in [0.15, 0.2) is 53.5 Å². The molecule has 4 aromatic rings. The minimum Gasteiger partial charge on any atom is -0.494 e. The molecule has 29 heavy (non-hydrogen) atoms. The first-order chi connectivity index (χ1) is 14.0. The number of imidazole rings is 1. The number of carbonyl (C=O) groups excluding carboxylic acids is 1. The van der Waals surface area contributed by atoms with Gasteiger partial charge in [0.1, 0.15) is 17.0 Å². The van der Waals surface area contributed by atoms with Crippen LogP contribution in [0.2, 0.25) is 0 Å². The zero-order valence-corrected chi connectivity index (χ0v) is 16.0. The fraction of sp³-hybridized carbons (Fsp3) is 0.190. The van der Waals surface area contributed by atoms with E-state index in [2.05, 4.69) is 4.98 Å². The van der Waals surface area contributed by atoms with Crippen LogP contribution >= 0.6 is 0 Å². The van der Waals surface area contributed by atoms with Crippen LogP contribution in [0, 0.1) is 0 Å². The van der Waals surface area contributed by atoms with Gasteiger partial charge in [0, 0.05) is 12.5 Å². The monoisotopic (exact) mass is 393 g/mol. The molecule has 0 aliphatic carbocycles. The number of fused-ring (bicyclic) bond motifs is 3. The standard InChI is InChI=1S/C21H19N3O5/c1-3-19(25)29-15-9-10-16-17(11-15)24-18(12-22-16)20(26)23(21(24)27)13-5-7-14(8-6-13)28-4-2/h5-12,26H,3-4H2,1-2H3. The van der Waals surface area contributed by atoms with E-state index < -0.39 is 5.69 Å². The Balaban J connectivity index is 1.91. The lowest BCUT2D eigenvalue weighted by Gasteiger charge is -2.05. The summed E-state index contributed by atoms with van der Waals surface area (Å²) in [6.45, 7) is 4.11. The highest BCUT2D eigenvalue weighted by molar-refractivity contribution is 5.82. The van der Waals surface area contributed by atoms with Crippen molar-refractivity contribution in [3.8, 4) is 23.1 Å². The number of benzene rings is 2. The predicted octanol–water partition coefficient (Wildman–Crippen LogP) is 3.06. The van der Waals surface area contributed by atoms with E-state index in [9.17, 15) is 14.7 Å². The molecule has 0 unspecified atom stereocenters. The minimum atomic E-state index is -0.465. The maximum atomic E-state index is 13.2. The second-order valence-corrected chi connectivity index (χ2v) is 6.33. The molecule has 2 aromatic carbocycles. The molecule has 0 bridgehead atoms. The molecule has 0 saturated carbocycles. The average Bonchev–Trinajstić information content (AvgIpc) is 2.99. The first-order valence-electron chi connectivity index (χ1n) is 9.22. The number of hydrogen-bond donors (Lipinski definition) is 1. The Morgan fingerprint density at radius 2 is 1.79 bits per heavy atom. The topological polar surface area (TPSA) is 95.1 Å². The molecule has 0 atom stereocenters. The van der Waals surface area contributed by atoms with E-state index in [4.69, 9.17) is 9.47 Å². The first kappa shape index (κ1) is 18.5. The molecule has 0 fully saturated rings. The Bertz CT molecular complexity index is 1270. The lowest BCUT2D eigenvalue weighted by molar-refractivity contribution is -0.134. The van der Waals surface area contributed by atoms with Gasteiger partial charge >= 0.3 is 11.7 Å². The fourth-order valence-corrected chi connectivity index (χ4v) is 3.14. The zero-order valence-electron chi connectivity index (χ0n) is 16.0. The van der Waals surface area contributed by atoms with Crippen molar-refractivity contribution in [1.29, 1.82) is 0 Å². The third kappa shape index (κ3) is 3.18. The minimum absolute atomic E-state index is 0.231. The van der Waals surface area contributed by atoms with Gasteiger partial charge in [0.2, 0.25) is 5.88 Å². The highest BCUT2D eigenvalue weighted by Gasteiger charge is 2.18. The maximum absolute atomic E-state index is 13.2. The first-order valence-corrected chi connectivity index (χ1v) is 9.22. The Labute approximate surface area is 165 Å². The number of nitrogens with zero attached hydrogens (tertiary/aromatic N) is 3. The van der Waals surface area contributed by atoms with Crippen LogP contribution < -0.4 is 15.2 Å². The van der Waals surface area contributed by atoms with E-state index in [0.29, 0.717) is 34.8 Å². The number of ether oxygens (including phenoxy) is 2. The second kappa shape index (κ2) is 7.31. The van der Waals surface area contributed by atoms with Gasteiger partial charge in [-0.25, -0.2) is 9.36 Å². The summed E-state index contributed by atoms with van der Waals surface area (Å²) in [5.74, 6) is 0.358. The molecule has 0 spiro atoms. The molecule has 0 radical (unpaired) electrons.